The zero-order chi connectivity index (χ0) is 12.7. The van der Waals surface area contributed by atoms with Gasteiger partial charge in [0.1, 0.15) is 4.99 Å². The molecule has 0 amide bonds. The maximum absolute atomic E-state index is 5.83. The molecule has 18 heavy (non-hydrogen) atoms. The van der Waals surface area contributed by atoms with Crippen LogP contribution in [0.5, 0.6) is 0 Å². The van der Waals surface area contributed by atoms with Gasteiger partial charge in [-0.25, -0.2) is 0 Å². The lowest BCUT2D eigenvalue weighted by Crippen LogP contribution is -2.30. The zero-order valence-electron chi connectivity index (χ0n) is 9.86. The summed E-state index contributed by atoms with van der Waals surface area (Å²) in [5.41, 5.74) is 7.60. The Labute approximate surface area is 120 Å². The average molecular weight is 327 g/mol. The number of thiocarbonyl (C=S) groups is 1. The molecule has 0 saturated carbocycles. The van der Waals surface area contributed by atoms with Gasteiger partial charge in [-0.3, -0.25) is 0 Å². The summed E-state index contributed by atoms with van der Waals surface area (Å²) in [6.07, 6.45) is 4.34. The zero-order valence-corrected chi connectivity index (χ0v) is 12.3. The number of nitrogens with two attached hydrogens (primary N) is 1. The maximum atomic E-state index is 5.83. The van der Waals surface area contributed by atoms with Crippen molar-refractivity contribution >= 4 is 38.8 Å². The Bertz CT molecular complexity index is 494. The number of anilines is 1. The molecule has 96 valence electrons. The van der Waals surface area contributed by atoms with Crippen LogP contribution >= 0.6 is 28.1 Å². The summed E-state index contributed by atoms with van der Waals surface area (Å²) in [7, 11) is 0. The van der Waals surface area contributed by atoms with Crippen LogP contribution in [0, 0.1) is 0 Å². The van der Waals surface area contributed by atoms with E-state index in [0.717, 1.165) is 22.1 Å². The van der Waals surface area contributed by atoms with E-state index in [4.69, 9.17) is 22.7 Å². The molecule has 2 bridgehead atoms. The smallest absolute Gasteiger partial charge is 0.105 e. The monoisotopic (exact) mass is 326 g/mol. The number of nitrogens with one attached hydrogen (secondary N) is 1. The number of halogens is 1. The molecule has 2 saturated heterocycles. The van der Waals surface area contributed by atoms with Crippen molar-refractivity contribution in [2.24, 2.45) is 5.73 Å². The van der Waals surface area contributed by atoms with Crippen molar-refractivity contribution in [3.63, 3.8) is 0 Å². The number of benzene rings is 1. The van der Waals surface area contributed by atoms with Crippen LogP contribution in [0.2, 0.25) is 0 Å². The van der Waals surface area contributed by atoms with E-state index in [1.807, 2.05) is 18.2 Å². The van der Waals surface area contributed by atoms with Gasteiger partial charge in [0, 0.05) is 15.7 Å². The van der Waals surface area contributed by atoms with Crippen LogP contribution in [-0.4, -0.2) is 23.2 Å². The molecular formula is C13H15BrN2OS. The van der Waals surface area contributed by atoms with Crippen LogP contribution in [0.3, 0.4) is 0 Å². The molecule has 5 heteroatoms. The minimum atomic E-state index is 0.379. The molecule has 0 radical (unpaired) electrons. The Morgan fingerprint density at radius 2 is 2.28 bits per heavy atom. The van der Waals surface area contributed by atoms with Crippen molar-refractivity contribution < 1.29 is 4.74 Å². The number of rotatable bonds is 3. The van der Waals surface area contributed by atoms with Gasteiger partial charge in [0.05, 0.1) is 18.2 Å². The minimum Gasteiger partial charge on any atom is -0.389 e. The van der Waals surface area contributed by atoms with Crippen molar-refractivity contribution in [1.29, 1.82) is 0 Å². The predicted molar refractivity (Wildman–Crippen MR) is 80.0 cm³/mol. The second-order valence-electron chi connectivity index (χ2n) is 4.92. The van der Waals surface area contributed by atoms with Gasteiger partial charge in [0.25, 0.3) is 0 Å². The lowest BCUT2D eigenvalue weighted by Gasteiger charge is -2.21. The van der Waals surface area contributed by atoms with Gasteiger partial charge >= 0.3 is 0 Å². The van der Waals surface area contributed by atoms with E-state index >= 15 is 0 Å². The average Bonchev–Trinajstić information content (AvgIpc) is 2.90. The molecule has 3 unspecified atom stereocenters. The van der Waals surface area contributed by atoms with Crippen LogP contribution in [0.1, 0.15) is 24.8 Å². The Morgan fingerprint density at radius 3 is 2.83 bits per heavy atom. The largest absolute Gasteiger partial charge is 0.389 e. The highest BCUT2D eigenvalue weighted by Gasteiger charge is 2.40. The summed E-state index contributed by atoms with van der Waals surface area (Å²) in [6, 6.07) is 6.43. The molecule has 1 aromatic rings. The maximum Gasteiger partial charge on any atom is 0.105 e. The topological polar surface area (TPSA) is 47.3 Å². The number of hydrogen-bond acceptors (Lipinski definition) is 3. The van der Waals surface area contributed by atoms with Crippen molar-refractivity contribution in [2.45, 2.75) is 37.5 Å². The molecule has 2 aliphatic rings. The highest BCUT2D eigenvalue weighted by molar-refractivity contribution is 9.10. The molecule has 0 aliphatic carbocycles. The molecule has 3 atom stereocenters. The molecule has 3 N–H and O–H groups in total. The fourth-order valence-electron chi connectivity index (χ4n) is 2.81. The minimum absolute atomic E-state index is 0.379. The van der Waals surface area contributed by atoms with Gasteiger partial charge in [0.15, 0.2) is 0 Å². The molecule has 2 aliphatic heterocycles. The predicted octanol–water partition coefficient (Wildman–Crippen LogP) is 2.82. The summed E-state index contributed by atoms with van der Waals surface area (Å²) >= 11 is 8.49. The van der Waals surface area contributed by atoms with Crippen molar-refractivity contribution in [2.75, 3.05) is 5.32 Å². The second-order valence-corrected chi connectivity index (χ2v) is 6.21. The van der Waals surface area contributed by atoms with E-state index in [1.165, 1.54) is 12.8 Å². The summed E-state index contributed by atoms with van der Waals surface area (Å²) in [5.74, 6) is 0. The van der Waals surface area contributed by atoms with Crippen molar-refractivity contribution in [3.8, 4) is 0 Å². The fraction of sp³-hybridized carbons (Fsp3) is 0.462. The Kier molecular flexibility index (Phi) is 3.30. The molecule has 2 fully saturated rings. The molecule has 1 aromatic carbocycles. The normalized spacial score (nSPS) is 29.5. The summed E-state index contributed by atoms with van der Waals surface area (Å²) in [6.45, 7) is 0. The molecule has 3 nitrogen and oxygen atoms in total. The van der Waals surface area contributed by atoms with E-state index in [2.05, 4.69) is 21.2 Å². The van der Waals surface area contributed by atoms with E-state index in [0.29, 0.717) is 23.2 Å². The number of fused-ring (bicyclic) bond motifs is 2. The van der Waals surface area contributed by atoms with Gasteiger partial charge in [-0.1, -0.05) is 12.2 Å². The van der Waals surface area contributed by atoms with Gasteiger partial charge in [0.2, 0.25) is 0 Å². The lowest BCUT2D eigenvalue weighted by atomic mass is 9.95. The first-order valence-electron chi connectivity index (χ1n) is 6.15. The molecule has 2 heterocycles. The highest BCUT2D eigenvalue weighted by Crippen LogP contribution is 2.36. The van der Waals surface area contributed by atoms with E-state index in [-0.39, 0.29) is 0 Å². The molecule has 3 rings (SSSR count). The third kappa shape index (κ3) is 2.27. The molecule has 0 aromatic heterocycles. The third-order valence-corrected chi connectivity index (χ3v) is 4.57. The second kappa shape index (κ2) is 4.79. The van der Waals surface area contributed by atoms with Crippen LogP contribution < -0.4 is 11.1 Å². The number of ether oxygens (including phenoxy) is 1. The van der Waals surface area contributed by atoms with Crippen LogP contribution in [-0.2, 0) is 4.74 Å². The van der Waals surface area contributed by atoms with Gasteiger partial charge in [-0.2, -0.15) is 0 Å². The van der Waals surface area contributed by atoms with Crippen molar-refractivity contribution in [1.82, 2.24) is 0 Å². The van der Waals surface area contributed by atoms with Crippen molar-refractivity contribution in [3.05, 3.63) is 28.2 Å². The Balaban J connectivity index is 1.74. The third-order valence-electron chi connectivity index (χ3n) is 3.69. The molecular weight excluding hydrogens is 312 g/mol. The van der Waals surface area contributed by atoms with Gasteiger partial charge in [-0.05, 0) is 53.4 Å². The quantitative estimate of drug-likeness (QED) is 0.838. The van der Waals surface area contributed by atoms with E-state index in [9.17, 15) is 0 Å². The van der Waals surface area contributed by atoms with Crippen LogP contribution in [0.4, 0.5) is 5.69 Å². The molecule has 0 spiro atoms. The number of hydrogen-bond donors (Lipinski definition) is 2. The first-order valence-corrected chi connectivity index (χ1v) is 7.35. The van der Waals surface area contributed by atoms with Gasteiger partial charge < -0.3 is 15.8 Å². The standard InChI is InChI=1S/C13H15BrN2OS/c14-10-5-7(1-3-9(10)13(15)18)16-11-6-8-2-4-12(11)17-8/h1,3,5,8,11-12,16H,2,4,6H2,(H2,15,18). The van der Waals surface area contributed by atoms with Gasteiger partial charge in [-0.15, -0.1) is 0 Å². The Morgan fingerprint density at radius 1 is 1.44 bits per heavy atom. The SMILES string of the molecule is NC(=S)c1ccc(NC2CC3CCC2O3)cc1Br. The first kappa shape index (κ1) is 12.4. The fourth-order valence-corrected chi connectivity index (χ4v) is 3.71. The summed E-state index contributed by atoms with van der Waals surface area (Å²) in [5, 5.41) is 3.54. The van der Waals surface area contributed by atoms with E-state index < -0.39 is 0 Å². The summed E-state index contributed by atoms with van der Waals surface area (Å²) in [4.78, 5) is 0.414. The lowest BCUT2D eigenvalue weighted by molar-refractivity contribution is 0.102. The van der Waals surface area contributed by atoms with Crippen LogP contribution in [0.15, 0.2) is 22.7 Å². The summed E-state index contributed by atoms with van der Waals surface area (Å²) < 4.78 is 6.77. The highest BCUT2D eigenvalue weighted by atomic mass is 79.9. The first-order chi connectivity index (χ1) is 8.63. The van der Waals surface area contributed by atoms with E-state index in [1.54, 1.807) is 0 Å². The van der Waals surface area contributed by atoms with Crippen LogP contribution in [0.25, 0.3) is 0 Å². The Hall–Kier alpha value is -0.650.